The highest BCUT2D eigenvalue weighted by atomic mass is 19.1. The first kappa shape index (κ1) is 12.6. The minimum atomic E-state index is -0.343. The molecule has 4 heteroatoms. The Balaban J connectivity index is 1.87. The Labute approximate surface area is 112 Å². The summed E-state index contributed by atoms with van der Waals surface area (Å²) in [5.41, 5.74) is 0.498. The van der Waals surface area contributed by atoms with E-state index in [-0.39, 0.29) is 23.4 Å². The monoisotopic (exact) mass is 262 g/mol. The van der Waals surface area contributed by atoms with Crippen LogP contribution in [0, 0.1) is 5.82 Å². The molecule has 102 valence electrons. The average molecular weight is 262 g/mol. The van der Waals surface area contributed by atoms with Crippen molar-refractivity contribution in [2.45, 2.75) is 44.3 Å². The van der Waals surface area contributed by atoms with Crippen LogP contribution in [0.3, 0.4) is 0 Å². The molecule has 1 aromatic rings. The maximum atomic E-state index is 13.4. The molecule has 2 fully saturated rings. The molecular formula is C15H19FN2O. The van der Waals surface area contributed by atoms with Crippen LogP contribution in [0.4, 0.5) is 4.39 Å². The molecule has 1 aliphatic heterocycles. The van der Waals surface area contributed by atoms with Crippen LogP contribution in [0.15, 0.2) is 24.3 Å². The Morgan fingerprint density at radius 2 is 2.26 bits per heavy atom. The molecule has 0 aromatic heterocycles. The lowest BCUT2D eigenvalue weighted by atomic mass is 10.1. The number of unbranched alkanes of at least 4 members (excludes halogenated alkanes) is 1. The van der Waals surface area contributed by atoms with E-state index in [9.17, 15) is 9.18 Å². The van der Waals surface area contributed by atoms with Gasteiger partial charge in [-0.25, -0.2) is 4.39 Å². The second-order valence-electron chi connectivity index (χ2n) is 5.54. The lowest BCUT2D eigenvalue weighted by Gasteiger charge is -2.24. The fourth-order valence-electron chi connectivity index (χ4n) is 2.78. The summed E-state index contributed by atoms with van der Waals surface area (Å²) < 4.78 is 13.4. The summed E-state index contributed by atoms with van der Waals surface area (Å²) in [4.78, 5) is 14.3. The molecule has 1 saturated heterocycles. The summed E-state index contributed by atoms with van der Waals surface area (Å²) >= 11 is 0. The highest BCUT2D eigenvalue weighted by molar-refractivity contribution is 5.92. The third kappa shape index (κ3) is 2.14. The highest BCUT2D eigenvalue weighted by Gasteiger charge is 2.59. The van der Waals surface area contributed by atoms with E-state index < -0.39 is 0 Å². The predicted molar refractivity (Wildman–Crippen MR) is 70.9 cm³/mol. The van der Waals surface area contributed by atoms with Crippen LogP contribution in [-0.2, 0) is 4.79 Å². The summed E-state index contributed by atoms with van der Waals surface area (Å²) in [5.74, 6) is -0.0610. The van der Waals surface area contributed by atoms with Gasteiger partial charge >= 0.3 is 0 Å². The van der Waals surface area contributed by atoms with E-state index in [1.54, 1.807) is 6.07 Å². The van der Waals surface area contributed by atoms with Crippen molar-refractivity contribution in [1.29, 1.82) is 0 Å². The number of nitrogens with one attached hydrogen (secondary N) is 1. The number of amides is 1. The molecule has 3 rings (SSSR count). The van der Waals surface area contributed by atoms with Crippen molar-refractivity contribution in [2.75, 3.05) is 6.54 Å². The van der Waals surface area contributed by atoms with Crippen LogP contribution in [0.2, 0.25) is 0 Å². The van der Waals surface area contributed by atoms with Gasteiger partial charge in [0.2, 0.25) is 5.91 Å². The van der Waals surface area contributed by atoms with E-state index in [2.05, 4.69) is 12.2 Å². The van der Waals surface area contributed by atoms with Crippen LogP contribution in [-0.4, -0.2) is 22.9 Å². The summed E-state index contributed by atoms with van der Waals surface area (Å²) in [6.45, 7) is 2.85. The zero-order valence-electron chi connectivity index (χ0n) is 11.2. The van der Waals surface area contributed by atoms with Crippen LogP contribution < -0.4 is 5.32 Å². The van der Waals surface area contributed by atoms with E-state index in [1.165, 1.54) is 12.1 Å². The fraction of sp³-hybridized carbons (Fsp3) is 0.533. The number of halogens is 1. The minimum Gasteiger partial charge on any atom is -0.321 e. The summed E-state index contributed by atoms with van der Waals surface area (Å²) in [6, 6.07) is 6.54. The van der Waals surface area contributed by atoms with Crippen molar-refractivity contribution in [3.63, 3.8) is 0 Å². The van der Waals surface area contributed by atoms with Crippen molar-refractivity contribution in [2.24, 2.45) is 0 Å². The second-order valence-corrected chi connectivity index (χ2v) is 5.54. The van der Waals surface area contributed by atoms with Crippen molar-refractivity contribution >= 4 is 5.91 Å². The molecule has 1 N–H and O–H groups in total. The van der Waals surface area contributed by atoms with Crippen LogP contribution >= 0.6 is 0 Å². The SMILES string of the molecule is CCCCN1C(=O)C2(CC2)NC1c1cccc(F)c1. The smallest absolute Gasteiger partial charge is 0.244 e. The molecule has 19 heavy (non-hydrogen) atoms. The molecule has 0 radical (unpaired) electrons. The Bertz CT molecular complexity index is 499. The lowest BCUT2D eigenvalue weighted by Crippen LogP contribution is -2.32. The Morgan fingerprint density at radius 1 is 1.47 bits per heavy atom. The number of benzene rings is 1. The molecule has 1 heterocycles. The molecule has 1 atom stereocenters. The molecule has 3 nitrogen and oxygen atoms in total. The number of rotatable bonds is 4. The minimum absolute atomic E-state index is 0.169. The lowest BCUT2D eigenvalue weighted by molar-refractivity contribution is -0.130. The van der Waals surface area contributed by atoms with E-state index in [0.717, 1.165) is 37.8 Å². The van der Waals surface area contributed by atoms with Gasteiger partial charge in [-0.05, 0) is 37.0 Å². The second kappa shape index (κ2) is 4.60. The zero-order chi connectivity index (χ0) is 13.5. The van der Waals surface area contributed by atoms with Gasteiger partial charge in [0.15, 0.2) is 0 Å². The molecular weight excluding hydrogens is 243 g/mol. The van der Waals surface area contributed by atoms with E-state index >= 15 is 0 Å². The number of carbonyl (C=O) groups is 1. The van der Waals surface area contributed by atoms with Crippen molar-refractivity contribution < 1.29 is 9.18 Å². The molecule has 1 unspecified atom stereocenters. The van der Waals surface area contributed by atoms with Gasteiger partial charge in [0.05, 0.1) is 0 Å². The molecule has 2 aliphatic rings. The number of hydrogen-bond acceptors (Lipinski definition) is 2. The van der Waals surface area contributed by atoms with E-state index in [0.29, 0.717) is 0 Å². The molecule has 1 aromatic carbocycles. The Morgan fingerprint density at radius 3 is 2.89 bits per heavy atom. The third-order valence-electron chi connectivity index (χ3n) is 4.06. The molecule has 1 spiro atoms. The van der Waals surface area contributed by atoms with Crippen molar-refractivity contribution in [3.05, 3.63) is 35.6 Å². The van der Waals surface area contributed by atoms with E-state index in [4.69, 9.17) is 0 Å². The van der Waals surface area contributed by atoms with Gasteiger partial charge in [0, 0.05) is 6.54 Å². The standard InChI is InChI=1S/C15H19FN2O/c1-2-3-9-18-13(11-5-4-6-12(16)10-11)17-15(7-8-15)14(18)19/h4-6,10,13,17H,2-3,7-9H2,1H3. The summed E-state index contributed by atoms with van der Waals surface area (Å²) in [5, 5.41) is 3.40. The third-order valence-corrected chi connectivity index (χ3v) is 4.06. The predicted octanol–water partition coefficient (Wildman–Crippen LogP) is 2.59. The van der Waals surface area contributed by atoms with Gasteiger partial charge in [-0.15, -0.1) is 0 Å². The molecule has 0 bridgehead atoms. The van der Waals surface area contributed by atoms with Gasteiger partial charge in [0.25, 0.3) is 0 Å². The molecule has 1 amide bonds. The normalized spacial score (nSPS) is 24.2. The maximum absolute atomic E-state index is 13.4. The fourth-order valence-corrected chi connectivity index (χ4v) is 2.78. The summed E-state index contributed by atoms with van der Waals surface area (Å²) in [7, 11) is 0. The quantitative estimate of drug-likeness (QED) is 0.904. The van der Waals surface area contributed by atoms with E-state index in [1.807, 2.05) is 11.0 Å². The number of hydrogen-bond donors (Lipinski definition) is 1. The first-order valence-corrected chi connectivity index (χ1v) is 7.00. The van der Waals surface area contributed by atoms with Crippen molar-refractivity contribution in [1.82, 2.24) is 10.2 Å². The van der Waals surface area contributed by atoms with Crippen LogP contribution in [0.1, 0.15) is 44.3 Å². The topological polar surface area (TPSA) is 32.3 Å². The first-order chi connectivity index (χ1) is 9.16. The van der Waals surface area contributed by atoms with Crippen molar-refractivity contribution in [3.8, 4) is 0 Å². The largest absolute Gasteiger partial charge is 0.321 e. The van der Waals surface area contributed by atoms with Gasteiger partial charge in [0.1, 0.15) is 17.5 Å². The Kier molecular flexibility index (Phi) is 3.05. The number of nitrogens with zero attached hydrogens (tertiary/aromatic N) is 1. The highest BCUT2D eigenvalue weighted by Crippen LogP contribution is 2.45. The Hall–Kier alpha value is -1.42. The summed E-state index contributed by atoms with van der Waals surface area (Å²) in [6.07, 6.45) is 3.67. The van der Waals surface area contributed by atoms with Gasteiger partial charge in [-0.1, -0.05) is 25.5 Å². The zero-order valence-corrected chi connectivity index (χ0v) is 11.2. The van der Waals surface area contributed by atoms with Crippen LogP contribution in [0.25, 0.3) is 0 Å². The van der Waals surface area contributed by atoms with Gasteiger partial charge < -0.3 is 4.90 Å². The van der Waals surface area contributed by atoms with Gasteiger partial charge in [-0.2, -0.15) is 0 Å². The maximum Gasteiger partial charge on any atom is 0.244 e. The average Bonchev–Trinajstić information content (AvgIpc) is 3.12. The first-order valence-electron chi connectivity index (χ1n) is 7.00. The molecule has 1 saturated carbocycles. The van der Waals surface area contributed by atoms with Crippen LogP contribution in [0.5, 0.6) is 0 Å². The molecule has 1 aliphatic carbocycles. The number of carbonyl (C=O) groups excluding carboxylic acids is 1. The van der Waals surface area contributed by atoms with Gasteiger partial charge in [-0.3, -0.25) is 10.1 Å².